The number of hydrogen-bond acceptors (Lipinski definition) is 2. The summed E-state index contributed by atoms with van der Waals surface area (Å²) in [5, 5.41) is 0. The summed E-state index contributed by atoms with van der Waals surface area (Å²) in [5.74, 6) is 0. The SMILES string of the molecule is [CH]1[CH]NNCC1. The van der Waals surface area contributed by atoms with E-state index in [0.29, 0.717) is 0 Å². The van der Waals surface area contributed by atoms with Crippen LogP contribution in [0, 0.1) is 13.0 Å². The van der Waals surface area contributed by atoms with Gasteiger partial charge >= 0.3 is 0 Å². The van der Waals surface area contributed by atoms with Gasteiger partial charge in [-0.2, -0.15) is 0 Å². The van der Waals surface area contributed by atoms with Crippen LogP contribution in [0.15, 0.2) is 0 Å². The summed E-state index contributed by atoms with van der Waals surface area (Å²) in [6, 6.07) is 0. The maximum absolute atomic E-state index is 2.95. The van der Waals surface area contributed by atoms with E-state index in [0.717, 1.165) is 13.0 Å². The summed E-state index contributed by atoms with van der Waals surface area (Å²) in [6.07, 6.45) is 3.24. The Morgan fingerprint density at radius 3 is 2.67 bits per heavy atom. The van der Waals surface area contributed by atoms with E-state index >= 15 is 0 Å². The van der Waals surface area contributed by atoms with E-state index in [2.05, 4.69) is 17.3 Å². The average Bonchev–Trinajstić information content (AvgIpc) is 1.72. The van der Waals surface area contributed by atoms with Gasteiger partial charge < -0.3 is 0 Å². The normalized spacial score (nSPS) is 24.0. The summed E-state index contributed by atoms with van der Waals surface area (Å²) in [6.45, 7) is 2.96. The quantitative estimate of drug-likeness (QED) is 0.426. The minimum Gasteiger partial charge on any atom is -0.258 e. The summed E-state index contributed by atoms with van der Waals surface area (Å²) < 4.78 is 0. The first-order chi connectivity index (χ1) is 3.00. The lowest BCUT2D eigenvalue weighted by Crippen LogP contribution is -2.34. The van der Waals surface area contributed by atoms with Crippen LogP contribution in [0.3, 0.4) is 0 Å². The van der Waals surface area contributed by atoms with Crippen LogP contribution < -0.4 is 10.9 Å². The van der Waals surface area contributed by atoms with Crippen molar-refractivity contribution in [3.05, 3.63) is 13.0 Å². The van der Waals surface area contributed by atoms with Crippen LogP contribution >= 0.6 is 0 Å². The third-order valence-corrected chi connectivity index (χ3v) is 0.739. The second kappa shape index (κ2) is 2.16. The Bertz CT molecular complexity index is 21.0. The molecule has 0 unspecified atom stereocenters. The first-order valence-electron chi connectivity index (χ1n) is 2.13. The van der Waals surface area contributed by atoms with Gasteiger partial charge in [-0.15, -0.1) is 0 Å². The molecule has 0 atom stereocenters. The second-order valence-electron chi connectivity index (χ2n) is 1.26. The van der Waals surface area contributed by atoms with Gasteiger partial charge in [0.25, 0.3) is 0 Å². The first-order valence-corrected chi connectivity index (χ1v) is 2.13. The molecule has 0 aromatic heterocycles. The van der Waals surface area contributed by atoms with E-state index in [1.807, 2.05) is 6.54 Å². The maximum Gasteiger partial charge on any atom is 0.0414 e. The highest BCUT2D eigenvalue weighted by atomic mass is 15.4. The summed E-state index contributed by atoms with van der Waals surface area (Å²) in [4.78, 5) is 0. The molecule has 0 saturated carbocycles. The van der Waals surface area contributed by atoms with Crippen molar-refractivity contribution in [2.24, 2.45) is 0 Å². The molecule has 1 rings (SSSR count). The summed E-state index contributed by atoms with van der Waals surface area (Å²) >= 11 is 0. The molecule has 2 heteroatoms. The van der Waals surface area contributed by atoms with E-state index in [9.17, 15) is 0 Å². The molecule has 1 fully saturated rings. The Kier molecular flexibility index (Phi) is 1.47. The van der Waals surface area contributed by atoms with Gasteiger partial charge in [0, 0.05) is 13.1 Å². The van der Waals surface area contributed by atoms with Crippen LogP contribution in [-0.4, -0.2) is 6.54 Å². The number of rotatable bonds is 0. The third kappa shape index (κ3) is 0.954. The molecule has 0 aromatic carbocycles. The molecule has 2 radical (unpaired) electrons. The van der Waals surface area contributed by atoms with Crippen molar-refractivity contribution in [3.63, 3.8) is 0 Å². The number of hydrazine groups is 1. The molecule has 1 heterocycles. The summed E-state index contributed by atoms with van der Waals surface area (Å²) in [5.41, 5.74) is 5.80. The lowest BCUT2D eigenvalue weighted by Gasteiger charge is -2.10. The van der Waals surface area contributed by atoms with E-state index in [4.69, 9.17) is 0 Å². The third-order valence-electron chi connectivity index (χ3n) is 0.739. The number of hydrogen-bond donors (Lipinski definition) is 2. The molecule has 0 aromatic rings. The molecule has 1 aliphatic heterocycles. The number of nitrogens with one attached hydrogen (secondary N) is 2. The zero-order chi connectivity index (χ0) is 4.24. The molecular weight excluding hydrogens is 76.1 g/mol. The zero-order valence-electron chi connectivity index (χ0n) is 3.57. The molecule has 6 heavy (non-hydrogen) atoms. The highest BCUT2D eigenvalue weighted by molar-refractivity contribution is 4.83. The fourth-order valence-electron chi connectivity index (χ4n) is 0.429. The van der Waals surface area contributed by atoms with Crippen molar-refractivity contribution in [2.75, 3.05) is 6.54 Å². The molecule has 34 valence electrons. The van der Waals surface area contributed by atoms with Crippen LogP contribution in [0.4, 0.5) is 0 Å². The Labute approximate surface area is 37.9 Å². The van der Waals surface area contributed by atoms with Crippen molar-refractivity contribution in [1.82, 2.24) is 10.9 Å². The fourth-order valence-corrected chi connectivity index (χ4v) is 0.429. The average molecular weight is 84.1 g/mol. The van der Waals surface area contributed by atoms with Crippen molar-refractivity contribution in [2.45, 2.75) is 6.42 Å². The fraction of sp³-hybridized carbons (Fsp3) is 0.500. The minimum absolute atomic E-state index is 1.05. The molecule has 0 spiro atoms. The molecule has 0 bridgehead atoms. The lowest BCUT2D eigenvalue weighted by molar-refractivity contribution is 0.551. The highest BCUT2D eigenvalue weighted by Crippen LogP contribution is 1.88. The first kappa shape index (κ1) is 4.09. The molecule has 2 N–H and O–H groups in total. The summed E-state index contributed by atoms with van der Waals surface area (Å²) in [7, 11) is 0. The topological polar surface area (TPSA) is 24.1 Å². The molecule has 0 aliphatic carbocycles. The van der Waals surface area contributed by atoms with E-state index in [-0.39, 0.29) is 0 Å². The minimum atomic E-state index is 1.05. The standard InChI is InChI=1S/C4H8N2/c1-2-4-6-5-3-1/h1,3,5-6H,2,4H2. The highest BCUT2D eigenvalue weighted by Gasteiger charge is 1.93. The second-order valence-corrected chi connectivity index (χ2v) is 1.26. The zero-order valence-corrected chi connectivity index (χ0v) is 3.57. The molecule has 1 saturated heterocycles. The van der Waals surface area contributed by atoms with Crippen molar-refractivity contribution in [1.29, 1.82) is 0 Å². The van der Waals surface area contributed by atoms with Gasteiger partial charge in [0.1, 0.15) is 0 Å². The van der Waals surface area contributed by atoms with E-state index < -0.39 is 0 Å². The smallest absolute Gasteiger partial charge is 0.0414 e. The Morgan fingerprint density at radius 1 is 1.50 bits per heavy atom. The van der Waals surface area contributed by atoms with Gasteiger partial charge in [-0.05, 0) is 12.8 Å². The molecule has 2 nitrogen and oxygen atoms in total. The maximum atomic E-state index is 2.95. The lowest BCUT2D eigenvalue weighted by atomic mass is 10.3. The van der Waals surface area contributed by atoms with Crippen molar-refractivity contribution in [3.8, 4) is 0 Å². The Morgan fingerprint density at radius 2 is 2.50 bits per heavy atom. The van der Waals surface area contributed by atoms with E-state index in [1.165, 1.54) is 0 Å². The van der Waals surface area contributed by atoms with Crippen molar-refractivity contribution < 1.29 is 0 Å². The van der Waals surface area contributed by atoms with Gasteiger partial charge in [-0.3, -0.25) is 10.9 Å². The monoisotopic (exact) mass is 84.1 g/mol. The molecule has 0 amide bonds. The van der Waals surface area contributed by atoms with Crippen LogP contribution in [-0.2, 0) is 0 Å². The van der Waals surface area contributed by atoms with Crippen LogP contribution in [0.2, 0.25) is 0 Å². The van der Waals surface area contributed by atoms with Gasteiger partial charge in [0.2, 0.25) is 0 Å². The van der Waals surface area contributed by atoms with Gasteiger partial charge in [0.15, 0.2) is 0 Å². The largest absolute Gasteiger partial charge is 0.258 e. The van der Waals surface area contributed by atoms with Gasteiger partial charge in [-0.25, -0.2) is 0 Å². The predicted octanol–water partition coefficient (Wildman–Crippen LogP) is -0.150. The van der Waals surface area contributed by atoms with Crippen LogP contribution in [0.1, 0.15) is 6.42 Å². The van der Waals surface area contributed by atoms with Gasteiger partial charge in [0.05, 0.1) is 0 Å². The van der Waals surface area contributed by atoms with Gasteiger partial charge in [-0.1, -0.05) is 0 Å². The van der Waals surface area contributed by atoms with Crippen LogP contribution in [0.5, 0.6) is 0 Å². The van der Waals surface area contributed by atoms with Crippen LogP contribution in [0.25, 0.3) is 0 Å². The molecule has 1 aliphatic rings. The van der Waals surface area contributed by atoms with E-state index in [1.54, 1.807) is 0 Å². The Balaban J connectivity index is 2.00. The van der Waals surface area contributed by atoms with Crippen molar-refractivity contribution >= 4 is 0 Å². The predicted molar refractivity (Wildman–Crippen MR) is 24.4 cm³/mol. The Hall–Kier alpha value is -0.0800. The molecular formula is C4H8N2.